The normalized spacial score (nSPS) is 36.4. The Morgan fingerprint density at radius 2 is 2.00 bits per heavy atom. The first kappa shape index (κ1) is 11.7. The molecular weight excluding hydrogens is 210 g/mol. The Hall–Kier alpha value is -0.340. The van der Waals surface area contributed by atoms with E-state index in [-0.39, 0.29) is 0 Å². The fourth-order valence-electron chi connectivity index (χ4n) is 3.92. The zero-order valence-corrected chi connectivity index (χ0v) is 10.8. The fraction of sp³-hybridized carbons (Fsp3) is 0.867. The lowest BCUT2D eigenvalue weighted by Crippen LogP contribution is -2.26. The van der Waals surface area contributed by atoms with Gasteiger partial charge in [0.25, 0.3) is 0 Å². The number of nitrogens with two attached hydrogens (primary N) is 1. The number of hydrogen-bond acceptors (Lipinski definition) is 2. The van der Waals surface area contributed by atoms with E-state index in [0.717, 1.165) is 6.42 Å². The van der Waals surface area contributed by atoms with Crippen molar-refractivity contribution in [1.82, 2.24) is 0 Å². The number of hydrogen-bond donors (Lipinski definition) is 1. The summed E-state index contributed by atoms with van der Waals surface area (Å²) in [6.07, 6.45) is 15.6. The third kappa shape index (κ3) is 2.58. The topological polar surface area (TPSA) is 35.2 Å². The Morgan fingerprint density at radius 3 is 2.76 bits per heavy atom. The second-order valence-electron chi connectivity index (χ2n) is 6.25. The van der Waals surface area contributed by atoms with Gasteiger partial charge in [0.1, 0.15) is 0 Å². The summed E-state index contributed by atoms with van der Waals surface area (Å²) < 4.78 is 6.37. The van der Waals surface area contributed by atoms with Crippen LogP contribution in [0.2, 0.25) is 0 Å². The van der Waals surface area contributed by atoms with Crippen LogP contribution in [0.5, 0.6) is 0 Å². The highest BCUT2D eigenvalue weighted by Crippen LogP contribution is 2.44. The summed E-state index contributed by atoms with van der Waals surface area (Å²) >= 11 is 0. The van der Waals surface area contributed by atoms with E-state index in [1.165, 1.54) is 57.8 Å². The molecule has 2 fully saturated rings. The van der Waals surface area contributed by atoms with E-state index < -0.39 is 0 Å². The largest absolute Gasteiger partial charge is 0.371 e. The summed E-state index contributed by atoms with van der Waals surface area (Å²) in [6, 6.07) is 0.306. The highest BCUT2D eigenvalue weighted by Gasteiger charge is 2.42. The molecule has 0 radical (unpaired) electrons. The lowest BCUT2D eigenvalue weighted by Gasteiger charge is -2.25. The minimum atomic E-state index is 0.294. The molecule has 0 bridgehead atoms. The Kier molecular flexibility index (Phi) is 3.27. The standard InChI is InChI=1S/C15H25NO/c16-13-5-3-4-12(10-13)11-14-6-9-15(17-14)7-1-2-8-15/h10,13-14H,1-9,11,16H2. The highest BCUT2D eigenvalue weighted by atomic mass is 16.5. The van der Waals surface area contributed by atoms with Crippen LogP contribution < -0.4 is 5.73 Å². The quantitative estimate of drug-likeness (QED) is 0.745. The maximum Gasteiger partial charge on any atom is 0.0687 e. The van der Waals surface area contributed by atoms with Crippen LogP contribution in [0, 0.1) is 0 Å². The minimum Gasteiger partial charge on any atom is -0.371 e. The predicted molar refractivity (Wildman–Crippen MR) is 69.8 cm³/mol. The molecule has 2 aliphatic carbocycles. The molecule has 96 valence electrons. The van der Waals surface area contributed by atoms with Gasteiger partial charge in [-0.1, -0.05) is 24.5 Å². The minimum absolute atomic E-state index is 0.294. The molecule has 1 heterocycles. The summed E-state index contributed by atoms with van der Waals surface area (Å²) in [6.45, 7) is 0. The maximum atomic E-state index is 6.37. The van der Waals surface area contributed by atoms with Crippen molar-refractivity contribution >= 4 is 0 Å². The third-order valence-corrected chi connectivity index (χ3v) is 4.83. The van der Waals surface area contributed by atoms with Crippen molar-refractivity contribution < 1.29 is 4.74 Å². The summed E-state index contributed by atoms with van der Waals surface area (Å²) in [4.78, 5) is 0. The van der Waals surface area contributed by atoms with Crippen molar-refractivity contribution in [2.45, 2.75) is 82.0 Å². The summed E-state index contributed by atoms with van der Waals surface area (Å²) in [5.41, 5.74) is 7.85. The zero-order valence-electron chi connectivity index (χ0n) is 10.8. The van der Waals surface area contributed by atoms with Crippen LogP contribution in [0.1, 0.15) is 64.2 Å². The van der Waals surface area contributed by atoms with Crippen molar-refractivity contribution in [1.29, 1.82) is 0 Å². The van der Waals surface area contributed by atoms with E-state index in [1.807, 2.05) is 0 Å². The predicted octanol–water partition coefficient (Wildman–Crippen LogP) is 3.31. The van der Waals surface area contributed by atoms with Crippen molar-refractivity contribution in [3.8, 4) is 0 Å². The molecule has 3 rings (SSSR count). The first-order valence-electron chi connectivity index (χ1n) is 7.39. The van der Waals surface area contributed by atoms with Crippen LogP contribution in [0.3, 0.4) is 0 Å². The second-order valence-corrected chi connectivity index (χ2v) is 6.25. The summed E-state index contributed by atoms with van der Waals surface area (Å²) in [5, 5.41) is 0. The fourth-order valence-corrected chi connectivity index (χ4v) is 3.92. The molecule has 1 saturated heterocycles. The lowest BCUT2D eigenvalue weighted by atomic mass is 9.91. The van der Waals surface area contributed by atoms with E-state index >= 15 is 0 Å². The van der Waals surface area contributed by atoms with Crippen molar-refractivity contribution in [2.75, 3.05) is 0 Å². The molecule has 1 aliphatic heterocycles. The van der Waals surface area contributed by atoms with Crippen LogP contribution in [0.4, 0.5) is 0 Å². The number of rotatable bonds is 2. The van der Waals surface area contributed by atoms with Gasteiger partial charge in [0.05, 0.1) is 11.7 Å². The zero-order chi connectivity index (χ0) is 11.7. The van der Waals surface area contributed by atoms with E-state index in [2.05, 4.69) is 6.08 Å². The lowest BCUT2D eigenvalue weighted by molar-refractivity contribution is -0.0358. The summed E-state index contributed by atoms with van der Waals surface area (Å²) in [7, 11) is 0. The number of ether oxygens (including phenoxy) is 1. The van der Waals surface area contributed by atoms with E-state index in [4.69, 9.17) is 10.5 Å². The molecule has 2 heteroatoms. The Morgan fingerprint density at radius 1 is 1.18 bits per heavy atom. The van der Waals surface area contributed by atoms with Gasteiger partial charge >= 0.3 is 0 Å². The maximum absolute atomic E-state index is 6.37. The SMILES string of the molecule is NC1C=C(CC2CCC3(CCCC3)O2)CCC1. The molecule has 0 aromatic heterocycles. The molecule has 2 unspecified atom stereocenters. The second kappa shape index (κ2) is 4.74. The van der Waals surface area contributed by atoms with E-state index in [9.17, 15) is 0 Å². The Bertz CT molecular complexity index is 304. The van der Waals surface area contributed by atoms with Crippen LogP contribution in [0.25, 0.3) is 0 Å². The highest BCUT2D eigenvalue weighted by molar-refractivity contribution is 5.12. The van der Waals surface area contributed by atoms with Gasteiger partial charge in [0.15, 0.2) is 0 Å². The molecule has 17 heavy (non-hydrogen) atoms. The molecule has 0 amide bonds. The first-order valence-corrected chi connectivity index (χ1v) is 7.39. The Labute approximate surface area is 105 Å². The molecule has 0 aromatic rings. The van der Waals surface area contributed by atoms with E-state index in [1.54, 1.807) is 5.57 Å². The average Bonchev–Trinajstić information content (AvgIpc) is 2.90. The molecule has 1 spiro atoms. The van der Waals surface area contributed by atoms with Gasteiger partial charge in [0, 0.05) is 6.04 Å². The molecule has 3 aliphatic rings. The van der Waals surface area contributed by atoms with Gasteiger partial charge in [0.2, 0.25) is 0 Å². The van der Waals surface area contributed by atoms with Gasteiger partial charge in [-0.25, -0.2) is 0 Å². The molecule has 2 atom stereocenters. The smallest absolute Gasteiger partial charge is 0.0687 e. The van der Waals surface area contributed by atoms with Crippen molar-refractivity contribution in [3.63, 3.8) is 0 Å². The van der Waals surface area contributed by atoms with Crippen molar-refractivity contribution in [3.05, 3.63) is 11.6 Å². The molecule has 2 nitrogen and oxygen atoms in total. The molecule has 0 aromatic carbocycles. The molecule has 2 N–H and O–H groups in total. The van der Waals surface area contributed by atoms with Gasteiger partial charge in [-0.3, -0.25) is 0 Å². The van der Waals surface area contributed by atoms with Gasteiger partial charge in [-0.2, -0.15) is 0 Å². The average molecular weight is 235 g/mol. The van der Waals surface area contributed by atoms with Crippen LogP contribution >= 0.6 is 0 Å². The summed E-state index contributed by atoms with van der Waals surface area (Å²) in [5.74, 6) is 0. The van der Waals surface area contributed by atoms with E-state index in [0.29, 0.717) is 17.7 Å². The van der Waals surface area contributed by atoms with Gasteiger partial charge < -0.3 is 10.5 Å². The first-order chi connectivity index (χ1) is 8.26. The molecule has 1 saturated carbocycles. The third-order valence-electron chi connectivity index (χ3n) is 4.83. The van der Waals surface area contributed by atoms with Crippen molar-refractivity contribution in [2.24, 2.45) is 5.73 Å². The Balaban J connectivity index is 1.56. The monoisotopic (exact) mass is 235 g/mol. The van der Waals surface area contributed by atoms with Crippen LogP contribution in [-0.4, -0.2) is 17.7 Å². The van der Waals surface area contributed by atoms with Gasteiger partial charge in [-0.05, 0) is 51.4 Å². The van der Waals surface area contributed by atoms with Crippen LogP contribution in [-0.2, 0) is 4.74 Å². The van der Waals surface area contributed by atoms with Crippen LogP contribution in [0.15, 0.2) is 11.6 Å². The van der Waals surface area contributed by atoms with Gasteiger partial charge in [-0.15, -0.1) is 0 Å². The molecular formula is C15H25NO.